The SMILES string of the molecule is C[n+]1c2[n-][sH+]sc2c(Cl)c2s[sH+][n-]c21. The summed E-state index contributed by atoms with van der Waals surface area (Å²) in [7, 11) is 7.34. The van der Waals surface area contributed by atoms with E-state index in [1.54, 1.807) is 20.7 Å². The summed E-state index contributed by atoms with van der Waals surface area (Å²) in [5.41, 5.74) is 1.92. The molecule has 0 unspecified atom stereocenters. The second kappa shape index (κ2) is 3.21. The van der Waals surface area contributed by atoms with Crippen molar-refractivity contribution in [1.29, 1.82) is 0 Å². The van der Waals surface area contributed by atoms with E-state index in [1.165, 1.54) is 0 Å². The molecule has 0 amide bonds. The average molecular weight is 283 g/mol. The monoisotopic (exact) mass is 282 g/mol. The van der Waals surface area contributed by atoms with Gasteiger partial charge < -0.3 is 4.57 Å². The molecule has 14 heavy (non-hydrogen) atoms. The summed E-state index contributed by atoms with van der Waals surface area (Å²) in [6.45, 7) is 0. The van der Waals surface area contributed by atoms with Crippen LogP contribution in [0.3, 0.4) is 0 Å². The first-order valence-corrected chi connectivity index (χ1v) is 8.62. The molecule has 3 nitrogen and oxygen atoms in total. The summed E-state index contributed by atoms with van der Waals surface area (Å²) in [5.74, 6) is 0. The number of aryl methyl sites for hydroxylation is 1. The highest BCUT2D eigenvalue weighted by Crippen LogP contribution is 2.35. The van der Waals surface area contributed by atoms with E-state index in [0.29, 0.717) is 0 Å². The Morgan fingerprint density at radius 1 is 1.14 bits per heavy atom. The Labute approximate surface area is 99.0 Å². The summed E-state index contributed by atoms with van der Waals surface area (Å²) >= 11 is 6.29. The van der Waals surface area contributed by atoms with E-state index in [2.05, 4.69) is 8.75 Å². The molecule has 0 radical (unpaired) electrons. The quantitative estimate of drug-likeness (QED) is 0.360. The van der Waals surface area contributed by atoms with Crippen molar-refractivity contribution in [3.8, 4) is 0 Å². The molecule has 0 fully saturated rings. The molecule has 0 atom stereocenters. The van der Waals surface area contributed by atoms with Crippen LogP contribution in [0.5, 0.6) is 0 Å². The van der Waals surface area contributed by atoms with Crippen LogP contribution in [0, 0.1) is 0 Å². The molecule has 0 N–H and O–H groups in total. The molecule has 0 saturated heterocycles. The first-order valence-electron chi connectivity index (χ1n) is 3.70. The van der Waals surface area contributed by atoms with Crippen LogP contribution in [-0.2, 0) is 7.05 Å². The Hall–Kier alpha value is -0.0800. The fourth-order valence-electron chi connectivity index (χ4n) is 1.29. The normalized spacial score (nSPS) is 11.6. The summed E-state index contributed by atoms with van der Waals surface area (Å²) in [5, 5.41) is 0.825. The van der Waals surface area contributed by atoms with E-state index in [-0.39, 0.29) is 0 Å². The Bertz CT molecular complexity index is 528. The molecule has 0 bridgehead atoms. The van der Waals surface area contributed by atoms with Gasteiger partial charge in [-0.25, -0.2) is 0 Å². The highest BCUT2D eigenvalue weighted by Gasteiger charge is 2.13. The van der Waals surface area contributed by atoms with Gasteiger partial charge in [-0.05, 0) is 7.05 Å². The second-order valence-electron chi connectivity index (χ2n) is 2.72. The van der Waals surface area contributed by atoms with Crippen molar-refractivity contribution in [3.05, 3.63) is 5.02 Å². The third kappa shape index (κ3) is 1.10. The number of rotatable bonds is 0. The predicted octanol–water partition coefficient (Wildman–Crippen LogP) is 2.22. The van der Waals surface area contributed by atoms with Crippen LogP contribution in [0.15, 0.2) is 0 Å². The third-order valence-electron chi connectivity index (χ3n) is 1.98. The van der Waals surface area contributed by atoms with E-state index >= 15 is 0 Å². The van der Waals surface area contributed by atoms with Crippen molar-refractivity contribution in [2.24, 2.45) is 7.05 Å². The fourth-order valence-corrected chi connectivity index (χ4v) is 6.21. The van der Waals surface area contributed by atoms with Crippen molar-refractivity contribution in [2.75, 3.05) is 0 Å². The molecule has 74 valence electrons. The second-order valence-corrected chi connectivity index (χ2v) is 7.09. The maximum atomic E-state index is 6.29. The summed E-state index contributed by atoms with van der Waals surface area (Å²) in [6, 6.07) is 0. The van der Waals surface area contributed by atoms with Gasteiger partial charge in [-0.2, -0.15) is 0 Å². The number of fused-ring (bicyclic) bond motifs is 2. The first-order chi connectivity index (χ1) is 6.79. The Morgan fingerprint density at radius 3 is 2.14 bits per heavy atom. The largest absolute Gasteiger partial charge is 0.391 e. The fraction of sp³-hybridized carbons (Fsp3) is 0.167. The maximum Gasteiger partial charge on any atom is 0.117 e. The third-order valence-corrected chi connectivity index (χ3v) is 6.50. The lowest BCUT2D eigenvalue weighted by Gasteiger charge is -2.05. The molecule has 3 aromatic heterocycles. The van der Waals surface area contributed by atoms with E-state index < -0.39 is 0 Å². The van der Waals surface area contributed by atoms with Crippen LogP contribution in [0.1, 0.15) is 0 Å². The van der Waals surface area contributed by atoms with Crippen LogP contribution < -0.4 is 13.3 Å². The van der Waals surface area contributed by atoms with Gasteiger partial charge in [0.1, 0.15) is 30.1 Å². The molecule has 0 aromatic carbocycles. The van der Waals surface area contributed by atoms with Crippen LogP contribution in [0.2, 0.25) is 5.02 Å². The molecular weight excluding hydrogens is 278 g/mol. The molecule has 3 rings (SSSR count). The minimum atomic E-state index is 0.825. The van der Waals surface area contributed by atoms with Gasteiger partial charge in [0.15, 0.2) is 0 Å². The summed E-state index contributed by atoms with van der Waals surface area (Å²) in [6.07, 6.45) is 0. The average Bonchev–Trinajstić information content (AvgIpc) is 2.82. The zero-order valence-electron chi connectivity index (χ0n) is 6.93. The van der Waals surface area contributed by atoms with Gasteiger partial charge in [0.25, 0.3) is 0 Å². The van der Waals surface area contributed by atoms with Gasteiger partial charge in [0.2, 0.25) is 0 Å². The number of pyridine rings is 1. The molecule has 0 aliphatic heterocycles. The molecule has 8 heteroatoms. The zero-order chi connectivity index (χ0) is 9.71. The lowest BCUT2D eigenvalue weighted by molar-refractivity contribution is -0.621. The number of aromatic nitrogens is 3. The zero-order valence-corrected chi connectivity index (χ0v) is 11.1. The van der Waals surface area contributed by atoms with Crippen molar-refractivity contribution in [2.45, 2.75) is 0 Å². The van der Waals surface area contributed by atoms with E-state index in [1.807, 2.05) is 11.6 Å². The number of halogens is 1. The maximum absolute atomic E-state index is 6.29. The lowest BCUT2D eigenvalue weighted by atomic mass is 10.4. The van der Waals surface area contributed by atoms with Gasteiger partial charge >= 0.3 is 0 Å². The Kier molecular flexibility index (Phi) is 2.10. The molecule has 0 aliphatic carbocycles. The molecular formula is C6H5ClN3S4+. The van der Waals surface area contributed by atoms with Crippen LogP contribution in [-0.4, -0.2) is 0 Å². The molecule has 0 aliphatic rings. The molecule has 0 saturated carbocycles. The summed E-state index contributed by atoms with van der Waals surface area (Å²) < 4.78 is 13.0. The standard InChI is InChI=1S/C6H5ClN3S4/c1-10-5-3(11-13-8-5)2(7)4-6(10)9-14-12-4/h13-14H,1H3/q+1. The predicted molar refractivity (Wildman–Crippen MR) is 66.2 cm³/mol. The van der Waals surface area contributed by atoms with Crippen molar-refractivity contribution < 1.29 is 4.57 Å². The molecule has 0 spiro atoms. The van der Waals surface area contributed by atoms with Crippen LogP contribution in [0.25, 0.3) is 20.7 Å². The Balaban J connectivity index is 2.72. The minimum Gasteiger partial charge on any atom is -0.391 e. The molecule has 3 heterocycles. The highest BCUT2D eigenvalue weighted by molar-refractivity contribution is 7.71. The van der Waals surface area contributed by atoms with Crippen molar-refractivity contribution in [1.82, 2.24) is 8.75 Å². The minimum absolute atomic E-state index is 0.825. The first kappa shape index (κ1) is 9.17. The van der Waals surface area contributed by atoms with Gasteiger partial charge in [0.05, 0.1) is 37.4 Å². The van der Waals surface area contributed by atoms with E-state index in [0.717, 1.165) is 46.8 Å². The highest BCUT2D eigenvalue weighted by atomic mass is 35.5. The Morgan fingerprint density at radius 2 is 1.64 bits per heavy atom. The van der Waals surface area contributed by atoms with Crippen molar-refractivity contribution in [3.63, 3.8) is 0 Å². The van der Waals surface area contributed by atoms with Crippen LogP contribution in [0.4, 0.5) is 0 Å². The lowest BCUT2D eigenvalue weighted by Crippen LogP contribution is -2.31. The summed E-state index contributed by atoms with van der Waals surface area (Å²) in [4.78, 5) is 0. The molecule has 3 aromatic rings. The van der Waals surface area contributed by atoms with Gasteiger partial charge in [-0.15, -0.1) is 8.75 Å². The van der Waals surface area contributed by atoms with E-state index in [4.69, 9.17) is 11.6 Å². The number of hydrogen-bond acceptors (Lipinski definition) is 2. The number of hydrogen-bond donors (Lipinski definition) is 0. The van der Waals surface area contributed by atoms with Crippen molar-refractivity contribution >= 4 is 74.0 Å². The topological polar surface area (TPSA) is 32.1 Å². The smallest absolute Gasteiger partial charge is 0.117 e. The van der Waals surface area contributed by atoms with E-state index in [9.17, 15) is 0 Å². The van der Waals surface area contributed by atoms with Gasteiger partial charge in [-0.3, -0.25) is 0 Å². The van der Waals surface area contributed by atoms with Crippen LogP contribution >= 0.6 is 53.4 Å². The van der Waals surface area contributed by atoms with Gasteiger partial charge in [0, 0.05) is 0 Å². The number of nitrogens with zero attached hydrogens (tertiary/aromatic N) is 3. The van der Waals surface area contributed by atoms with Gasteiger partial charge in [-0.1, -0.05) is 11.6 Å².